The fourth-order valence-corrected chi connectivity index (χ4v) is 2.20. The quantitative estimate of drug-likeness (QED) is 0.770. The summed E-state index contributed by atoms with van der Waals surface area (Å²) in [5, 5.41) is 17.9. The molecule has 1 aromatic heterocycles. The molecule has 2 heterocycles. The maximum Gasteiger partial charge on any atom is 0.112 e. The molecule has 1 aliphatic heterocycles. The Labute approximate surface area is 87.9 Å². The number of hydrogen-bond donors (Lipinski definition) is 2. The van der Waals surface area contributed by atoms with Crippen molar-refractivity contribution in [3.8, 4) is 0 Å². The zero-order valence-corrected chi connectivity index (χ0v) is 8.83. The van der Waals surface area contributed by atoms with Crippen LogP contribution in [0.25, 0.3) is 0 Å². The fraction of sp³-hybridized carbons (Fsp3) is 0.667. The van der Waals surface area contributed by atoms with E-state index < -0.39 is 6.10 Å². The van der Waals surface area contributed by atoms with E-state index in [2.05, 4.69) is 10.4 Å². The Bertz CT molecular complexity index is 300. The highest BCUT2D eigenvalue weighted by molar-refractivity contribution is 6.31. The Kier molecular flexibility index (Phi) is 2.76. The van der Waals surface area contributed by atoms with Gasteiger partial charge in [-0.2, -0.15) is 5.10 Å². The number of rotatable bonds is 2. The minimum absolute atomic E-state index is 0.114. The zero-order valence-electron chi connectivity index (χ0n) is 8.07. The van der Waals surface area contributed by atoms with E-state index in [0.29, 0.717) is 10.7 Å². The molecule has 5 heteroatoms. The van der Waals surface area contributed by atoms with Crippen molar-refractivity contribution >= 4 is 11.6 Å². The molecular weight excluding hydrogens is 202 g/mol. The van der Waals surface area contributed by atoms with Crippen LogP contribution in [0.5, 0.6) is 0 Å². The van der Waals surface area contributed by atoms with Crippen LogP contribution in [0.2, 0.25) is 5.02 Å². The number of nitrogens with one attached hydrogen (secondary N) is 1. The first kappa shape index (κ1) is 9.96. The van der Waals surface area contributed by atoms with Crippen LogP contribution in [0.15, 0.2) is 6.20 Å². The van der Waals surface area contributed by atoms with Crippen molar-refractivity contribution in [2.75, 3.05) is 6.54 Å². The Balaban J connectivity index is 2.21. The predicted molar refractivity (Wildman–Crippen MR) is 54.2 cm³/mol. The molecule has 2 unspecified atom stereocenters. The molecule has 0 amide bonds. The van der Waals surface area contributed by atoms with Gasteiger partial charge in [0, 0.05) is 13.1 Å². The first-order chi connectivity index (χ1) is 6.70. The van der Waals surface area contributed by atoms with E-state index in [-0.39, 0.29) is 6.04 Å². The molecule has 1 saturated heterocycles. The van der Waals surface area contributed by atoms with Gasteiger partial charge in [-0.1, -0.05) is 11.6 Å². The molecule has 2 N–H and O–H groups in total. The lowest BCUT2D eigenvalue weighted by atomic mass is 10.1. The van der Waals surface area contributed by atoms with Crippen molar-refractivity contribution in [3.05, 3.63) is 16.9 Å². The number of halogens is 1. The molecule has 1 fully saturated rings. The Morgan fingerprint density at radius 3 is 3.07 bits per heavy atom. The summed E-state index contributed by atoms with van der Waals surface area (Å²) in [6, 6.07) is 0.114. The van der Waals surface area contributed by atoms with Crippen LogP contribution >= 0.6 is 11.6 Å². The third-order valence-electron chi connectivity index (χ3n) is 2.70. The van der Waals surface area contributed by atoms with E-state index in [1.54, 1.807) is 17.9 Å². The minimum atomic E-state index is -0.558. The summed E-state index contributed by atoms with van der Waals surface area (Å²) in [4.78, 5) is 0. The molecule has 1 aromatic rings. The van der Waals surface area contributed by atoms with Crippen molar-refractivity contribution < 1.29 is 5.11 Å². The average Bonchev–Trinajstić information content (AvgIpc) is 2.75. The molecule has 0 spiro atoms. The maximum absolute atomic E-state index is 10.1. The molecule has 2 rings (SSSR count). The first-order valence-corrected chi connectivity index (χ1v) is 5.17. The zero-order chi connectivity index (χ0) is 10.1. The predicted octanol–water partition coefficient (Wildman–Crippen LogP) is 0.859. The second kappa shape index (κ2) is 3.88. The Hall–Kier alpha value is -0.580. The van der Waals surface area contributed by atoms with Gasteiger partial charge in [-0.3, -0.25) is 4.68 Å². The van der Waals surface area contributed by atoms with E-state index in [1.807, 2.05) is 0 Å². The average molecular weight is 216 g/mol. The van der Waals surface area contributed by atoms with Crippen LogP contribution in [0.3, 0.4) is 0 Å². The fourth-order valence-electron chi connectivity index (χ4n) is 1.92. The summed E-state index contributed by atoms with van der Waals surface area (Å²) in [6.45, 7) is 0.969. The smallest absolute Gasteiger partial charge is 0.112 e. The van der Waals surface area contributed by atoms with Gasteiger partial charge in [-0.15, -0.1) is 0 Å². The second-order valence-electron chi connectivity index (χ2n) is 3.65. The monoisotopic (exact) mass is 215 g/mol. The van der Waals surface area contributed by atoms with Gasteiger partial charge in [-0.25, -0.2) is 0 Å². The molecule has 0 saturated carbocycles. The van der Waals surface area contributed by atoms with E-state index in [9.17, 15) is 5.11 Å². The summed E-state index contributed by atoms with van der Waals surface area (Å²) in [5.41, 5.74) is 0.700. The molecule has 0 aromatic carbocycles. The third-order valence-corrected chi connectivity index (χ3v) is 2.99. The third kappa shape index (κ3) is 1.65. The summed E-state index contributed by atoms with van der Waals surface area (Å²) < 4.78 is 1.63. The lowest BCUT2D eigenvalue weighted by molar-refractivity contribution is 0.129. The largest absolute Gasteiger partial charge is 0.385 e. The van der Waals surface area contributed by atoms with Crippen LogP contribution in [0.1, 0.15) is 24.6 Å². The highest BCUT2D eigenvalue weighted by Gasteiger charge is 2.27. The van der Waals surface area contributed by atoms with Crippen molar-refractivity contribution in [1.29, 1.82) is 0 Å². The number of aliphatic hydroxyl groups is 1. The Morgan fingerprint density at radius 1 is 1.79 bits per heavy atom. The van der Waals surface area contributed by atoms with Gasteiger partial charge in [-0.05, 0) is 19.4 Å². The van der Waals surface area contributed by atoms with Crippen LogP contribution in [-0.2, 0) is 7.05 Å². The highest BCUT2D eigenvalue weighted by Crippen LogP contribution is 2.27. The SMILES string of the molecule is Cn1ncc(Cl)c1C(O)C1CCCN1. The van der Waals surface area contributed by atoms with Crippen molar-refractivity contribution in [1.82, 2.24) is 15.1 Å². The van der Waals surface area contributed by atoms with Gasteiger partial charge in [0.15, 0.2) is 0 Å². The van der Waals surface area contributed by atoms with Gasteiger partial charge in [0.25, 0.3) is 0 Å². The van der Waals surface area contributed by atoms with E-state index >= 15 is 0 Å². The number of aliphatic hydroxyl groups excluding tert-OH is 1. The van der Waals surface area contributed by atoms with Crippen molar-refractivity contribution in [3.63, 3.8) is 0 Å². The number of aromatic nitrogens is 2. The minimum Gasteiger partial charge on any atom is -0.385 e. The normalized spacial score (nSPS) is 24.1. The lowest BCUT2D eigenvalue weighted by Crippen LogP contribution is -2.30. The first-order valence-electron chi connectivity index (χ1n) is 4.79. The van der Waals surface area contributed by atoms with Crippen molar-refractivity contribution in [2.45, 2.75) is 25.0 Å². The van der Waals surface area contributed by atoms with Gasteiger partial charge in [0.05, 0.1) is 16.9 Å². The molecule has 14 heavy (non-hydrogen) atoms. The van der Waals surface area contributed by atoms with Gasteiger partial charge >= 0.3 is 0 Å². The van der Waals surface area contributed by atoms with Crippen LogP contribution in [0, 0.1) is 0 Å². The van der Waals surface area contributed by atoms with Crippen LogP contribution < -0.4 is 5.32 Å². The summed E-state index contributed by atoms with van der Waals surface area (Å²) in [5.74, 6) is 0. The van der Waals surface area contributed by atoms with Crippen LogP contribution in [0.4, 0.5) is 0 Å². The van der Waals surface area contributed by atoms with Gasteiger partial charge in [0.1, 0.15) is 6.10 Å². The van der Waals surface area contributed by atoms with Gasteiger partial charge < -0.3 is 10.4 Å². The van der Waals surface area contributed by atoms with Crippen molar-refractivity contribution in [2.24, 2.45) is 7.05 Å². The summed E-state index contributed by atoms with van der Waals surface area (Å²) in [6.07, 6.45) is 3.10. The number of hydrogen-bond acceptors (Lipinski definition) is 3. The van der Waals surface area contributed by atoms with E-state index in [0.717, 1.165) is 19.4 Å². The summed E-state index contributed by atoms with van der Waals surface area (Å²) >= 11 is 5.95. The lowest BCUT2D eigenvalue weighted by Gasteiger charge is -2.18. The molecule has 0 aliphatic carbocycles. The second-order valence-corrected chi connectivity index (χ2v) is 4.06. The topological polar surface area (TPSA) is 50.1 Å². The summed E-state index contributed by atoms with van der Waals surface area (Å²) in [7, 11) is 1.79. The van der Waals surface area contributed by atoms with Crippen LogP contribution in [-0.4, -0.2) is 27.5 Å². The van der Waals surface area contributed by atoms with E-state index in [4.69, 9.17) is 11.6 Å². The molecule has 0 bridgehead atoms. The molecule has 78 valence electrons. The maximum atomic E-state index is 10.1. The van der Waals surface area contributed by atoms with E-state index in [1.165, 1.54) is 0 Å². The molecule has 1 aliphatic rings. The number of aryl methyl sites for hydroxylation is 1. The molecule has 0 radical (unpaired) electrons. The Morgan fingerprint density at radius 2 is 2.57 bits per heavy atom. The standard InChI is InChI=1S/C9H14ClN3O/c1-13-8(6(10)5-12-13)9(14)7-3-2-4-11-7/h5,7,9,11,14H,2-4H2,1H3. The molecule has 2 atom stereocenters. The number of nitrogens with zero attached hydrogens (tertiary/aromatic N) is 2. The van der Waals surface area contributed by atoms with Gasteiger partial charge in [0.2, 0.25) is 0 Å². The molecule has 4 nitrogen and oxygen atoms in total. The highest BCUT2D eigenvalue weighted by atomic mass is 35.5. The molecular formula is C9H14ClN3O.